The fourth-order valence-corrected chi connectivity index (χ4v) is 2.50. The van der Waals surface area contributed by atoms with Gasteiger partial charge < -0.3 is 5.32 Å². The molecular formula is C14H26N2. The van der Waals surface area contributed by atoms with Gasteiger partial charge in [-0.05, 0) is 52.6 Å². The molecule has 1 aliphatic carbocycles. The summed E-state index contributed by atoms with van der Waals surface area (Å²) in [4.78, 5) is 2.58. The molecule has 1 saturated heterocycles. The molecule has 2 aliphatic rings. The third-order valence-electron chi connectivity index (χ3n) is 3.92. The smallest absolute Gasteiger partial charge is 0.0165 e. The Hall–Kier alpha value is -0.340. The normalized spacial score (nSPS) is 24.1. The summed E-state index contributed by atoms with van der Waals surface area (Å²) in [6.45, 7) is 8.07. The zero-order chi connectivity index (χ0) is 11.4. The molecule has 1 saturated carbocycles. The van der Waals surface area contributed by atoms with Gasteiger partial charge in [-0.1, -0.05) is 18.1 Å². The van der Waals surface area contributed by atoms with Crippen molar-refractivity contribution in [2.45, 2.75) is 58.0 Å². The van der Waals surface area contributed by atoms with E-state index in [0.717, 1.165) is 18.6 Å². The van der Waals surface area contributed by atoms with Crippen LogP contribution in [0.25, 0.3) is 0 Å². The summed E-state index contributed by atoms with van der Waals surface area (Å²) in [5.74, 6) is 0. The first-order valence-electron chi connectivity index (χ1n) is 6.86. The maximum atomic E-state index is 3.80. The van der Waals surface area contributed by atoms with Crippen LogP contribution in [0.2, 0.25) is 0 Å². The molecule has 2 nitrogen and oxygen atoms in total. The number of hydrogen-bond donors (Lipinski definition) is 1. The van der Waals surface area contributed by atoms with E-state index in [4.69, 9.17) is 0 Å². The van der Waals surface area contributed by atoms with Crippen molar-refractivity contribution in [2.24, 2.45) is 0 Å². The van der Waals surface area contributed by atoms with Crippen molar-refractivity contribution in [2.75, 3.05) is 19.6 Å². The molecule has 1 N–H and O–H groups in total. The minimum Gasteiger partial charge on any atom is -0.311 e. The highest BCUT2D eigenvalue weighted by Gasteiger charge is 2.24. The van der Waals surface area contributed by atoms with Crippen LogP contribution in [0.3, 0.4) is 0 Å². The van der Waals surface area contributed by atoms with Gasteiger partial charge in [0, 0.05) is 18.6 Å². The van der Waals surface area contributed by atoms with E-state index in [1.54, 1.807) is 0 Å². The van der Waals surface area contributed by atoms with Gasteiger partial charge in [0.2, 0.25) is 0 Å². The molecule has 1 aliphatic heterocycles. The minimum absolute atomic E-state index is 0.799. The molecule has 0 atom stereocenters. The van der Waals surface area contributed by atoms with Crippen LogP contribution in [0.1, 0.15) is 46.0 Å². The molecular weight excluding hydrogens is 196 g/mol. The lowest BCUT2D eigenvalue weighted by Gasteiger charge is -2.36. The number of hydrogen-bond acceptors (Lipinski definition) is 2. The molecule has 0 amide bonds. The SMILES string of the molecule is CC(C)=CCN1CCC(NC2CCC2)CC1. The van der Waals surface area contributed by atoms with Gasteiger partial charge in [0.1, 0.15) is 0 Å². The second-order valence-electron chi connectivity index (χ2n) is 5.65. The number of likely N-dealkylation sites (tertiary alicyclic amines) is 1. The number of nitrogens with one attached hydrogen (secondary N) is 1. The van der Waals surface area contributed by atoms with E-state index in [9.17, 15) is 0 Å². The van der Waals surface area contributed by atoms with E-state index in [1.165, 1.54) is 50.8 Å². The fourth-order valence-electron chi connectivity index (χ4n) is 2.50. The number of piperidine rings is 1. The molecule has 0 aromatic rings. The molecule has 1 heterocycles. The summed E-state index contributed by atoms with van der Waals surface area (Å²) in [7, 11) is 0. The van der Waals surface area contributed by atoms with Crippen LogP contribution in [-0.2, 0) is 0 Å². The van der Waals surface area contributed by atoms with Crippen molar-refractivity contribution in [1.82, 2.24) is 10.2 Å². The molecule has 0 aromatic carbocycles. The monoisotopic (exact) mass is 222 g/mol. The van der Waals surface area contributed by atoms with Crippen LogP contribution in [-0.4, -0.2) is 36.6 Å². The second-order valence-corrected chi connectivity index (χ2v) is 5.65. The summed E-state index contributed by atoms with van der Waals surface area (Å²) in [5, 5.41) is 3.80. The topological polar surface area (TPSA) is 15.3 Å². The Balaban J connectivity index is 1.63. The van der Waals surface area contributed by atoms with Crippen LogP contribution in [0.15, 0.2) is 11.6 Å². The lowest BCUT2D eigenvalue weighted by atomic mass is 9.91. The molecule has 0 aromatic heterocycles. The van der Waals surface area contributed by atoms with E-state index in [1.807, 2.05) is 0 Å². The van der Waals surface area contributed by atoms with Gasteiger partial charge in [-0.2, -0.15) is 0 Å². The maximum absolute atomic E-state index is 3.80. The minimum atomic E-state index is 0.799. The van der Waals surface area contributed by atoms with Gasteiger partial charge in [0.15, 0.2) is 0 Å². The van der Waals surface area contributed by atoms with Gasteiger partial charge in [-0.15, -0.1) is 0 Å². The molecule has 0 spiro atoms. The lowest BCUT2D eigenvalue weighted by Crippen LogP contribution is -2.48. The average molecular weight is 222 g/mol. The highest BCUT2D eigenvalue weighted by molar-refractivity contribution is 4.96. The molecule has 0 unspecified atom stereocenters. The lowest BCUT2D eigenvalue weighted by molar-refractivity contribution is 0.190. The van der Waals surface area contributed by atoms with Crippen LogP contribution >= 0.6 is 0 Å². The summed E-state index contributed by atoms with van der Waals surface area (Å²) in [6.07, 6.45) is 9.30. The molecule has 2 heteroatoms. The van der Waals surface area contributed by atoms with Gasteiger partial charge in [-0.3, -0.25) is 4.90 Å². The second kappa shape index (κ2) is 5.83. The Morgan fingerprint density at radius 1 is 1.12 bits per heavy atom. The number of allylic oxidation sites excluding steroid dienone is 1. The van der Waals surface area contributed by atoms with Crippen molar-refractivity contribution in [3.63, 3.8) is 0 Å². The zero-order valence-electron chi connectivity index (χ0n) is 10.8. The van der Waals surface area contributed by atoms with E-state index in [2.05, 4.69) is 30.1 Å². The van der Waals surface area contributed by atoms with Crippen molar-refractivity contribution in [3.8, 4) is 0 Å². The first kappa shape index (κ1) is 12.1. The predicted molar refractivity (Wildman–Crippen MR) is 69.7 cm³/mol. The first-order valence-corrected chi connectivity index (χ1v) is 6.86. The first-order chi connectivity index (χ1) is 7.74. The van der Waals surface area contributed by atoms with Crippen molar-refractivity contribution >= 4 is 0 Å². The third-order valence-corrected chi connectivity index (χ3v) is 3.92. The predicted octanol–water partition coefficient (Wildman–Crippen LogP) is 2.56. The quantitative estimate of drug-likeness (QED) is 0.735. The number of nitrogens with zero attached hydrogens (tertiary/aromatic N) is 1. The Bertz CT molecular complexity index is 231. The summed E-state index contributed by atoms with van der Waals surface area (Å²) in [5.41, 5.74) is 1.44. The van der Waals surface area contributed by atoms with Gasteiger partial charge >= 0.3 is 0 Å². The molecule has 2 rings (SSSR count). The van der Waals surface area contributed by atoms with Crippen molar-refractivity contribution in [3.05, 3.63) is 11.6 Å². The van der Waals surface area contributed by atoms with Crippen LogP contribution in [0, 0.1) is 0 Å². The van der Waals surface area contributed by atoms with Crippen molar-refractivity contribution in [1.29, 1.82) is 0 Å². The Labute approximate surface area is 100 Å². The third kappa shape index (κ3) is 3.60. The van der Waals surface area contributed by atoms with E-state index in [0.29, 0.717) is 0 Å². The standard InChI is InChI=1S/C14H26N2/c1-12(2)6-9-16-10-7-14(8-11-16)15-13-4-3-5-13/h6,13-15H,3-5,7-11H2,1-2H3. The van der Waals surface area contributed by atoms with E-state index < -0.39 is 0 Å². The molecule has 0 radical (unpaired) electrons. The van der Waals surface area contributed by atoms with Crippen molar-refractivity contribution < 1.29 is 0 Å². The Morgan fingerprint density at radius 3 is 2.25 bits per heavy atom. The fraction of sp³-hybridized carbons (Fsp3) is 0.857. The van der Waals surface area contributed by atoms with Gasteiger partial charge in [0.25, 0.3) is 0 Å². The van der Waals surface area contributed by atoms with Gasteiger partial charge in [-0.25, -0.2) is 0 Å². The highest BCUT2D eigenvalue weighted by atomic mass is 15.1. The van der Waals surface area contributed by atoms with Crippen LogP contribution in [0.5, 0.6) is 0 Å². The molecule has 92 valence electrons. The summed E-state index contributed by atoms with van der Waals surface area (Å²) >= 11 is 0. The van der Waals surface area contributed by atoms with Crippen LogP contribution < -0.4 is 5.32 Å². The summed E-state index contributed by atoms with van der Waals surface area (Å²) < 4.78 is 0. The Morgan fingerprint density at radius 2 is 1.75 bits per heavy atom. The van der Waals surface area contributed by atoms with Crippen LogP contribution in [0.4, 0.5) is 0 Å². The zero-order valence-corrected chi connectivity index (χ0v) is 10.8. The molecule has 16 heavy (non-hydrogen) atoms. The number of rotatable bonds is 4. The van der Waals surface area contributed by atoms with E-state index in [-0.39, 0.29) is 0 Å². The highest BCUT2D eigenvalue weighted by Crippen LogP contribution is 2.21. The largest absolute Gasteiger partial charge is 0.311 e. The van der Waals surface area contributed by atoms with E-state index >= 15 is 0 Å². The summed E-state index contributed by atoms with van der Waals surface area (Å²) in [6, 6.07) is 1.66. The molecule has 0 bridgehead atoms. The average Bonchev–Trinajstić information content (AvgIpc) is 2.22. The molecule has 2 fully saturated rings. The Kier molecular flexibility index (Phi) is 4.42. The maximum Gasteiger partial charge on any atom is 0.0165 e. The van der Waals surface area contributed by atoms with Gasteiger partial charge in [0.05, 0.1) is 0 Å².